The molecule has 1 aromatic rings. The van der Waals surface area contributed by atoms with E-state index >= 15 is 0 Å². The Morgan fingerprint density at radius 2 is 1.85 bits per heavy atom. The number of aliphatic hydroxyl groups excluding tert-OH is 1. The van der Waals surface area contributed by atoms with Crippen molar-refractivity contribution in [1.82, 2.24) is 0 Å². The maximum absolute atomic E-state index is 10.1. The van der Waals surface area contributed by atoms with Gasteiger partial charge in [-0.2, -0.15) is 0 Å². The zero-order valence-corrected chi connectivity index (χ0v) is 7.61. The van der Waals surface area contributed by atoms with Gasteiger partial charge in [-0.3, -0.25) is 0 Å². The molecule has 1 N–H and O–H groups in total. The summed E-state index contributed by atoms with van der Waals surface area (Å²) in [5.74, 6) is 1.18. The fourth-order valence-corrected chi connectivity index (χ4v) is 3.10. The zero-order chi connectivity index (χ0) is 8.84. The fourth-order valence-electron chi connectivity index (χ4n) is 3.10. The highest BCUT2D eigenvalue weighted by molar-refractivity contribution is 5.39. The molecule has 0 bridgehead atoms. The molecule has 13 heavy (non-hydrogen) atoms. The highest BCUT2D eigenvalue weighted by atomic mass is 16.3. The number of benzene rings is 1. The number of fused-ring (bicyclic) bond motifs is 3. The van der Waals surface area contributed by atoms with Crippen molar-refractivity contribution in [3.8, 4) is 0 Å². The van der Waals surface area contributed by atoms with Crippen LogP contribution in [0.1, 0.15) is 42.4 Å². The van der Waals surface area contributed by atoms with Crippen molar-refractivity contribution in [3.63, 3.8) is 0 Å². The van der Waals surface area contributed by atoms with Crippen molar-refractivity contribution in [2.24, 2.45) is 5.92 Å². The van der Waals surface area contributed by atoms with Crippen LogP contribution in [0.15, 0.2) is 24.3 Å². The standard InChI is InChI=1S/C12H14O/c13-12-10-5-2-1-4-8(10)9-6-3-7-11(9)12/h1-2,4-5,9,11-13H,3,6-7H2. The van der Waals surface area contributed by atoms with Gasteiger partial charge in [-0.1, -0.05) is 30.7 Å². The van der Waals surface area contributed by atoms with Crippen molar-refractivity contribution in [1.29, 1.82) is 0 Å². The van der Waals surface area contributed by atoms with Crippen LogP contribution in [-0.4, -0.2) is 5.11 Å². The van der Waals surface area contributed by atoms with Gasteiger partial charge in [0.1, 0.15) is 0 Å². The van der Waals surface area contributed by atoms with E-state index in [1.807, 2.05) is 6.07 Å². The second-order valence-electron chi connectivity index (χ2n) is 4.28. The van der Waals surface area contributed by atoms with E-state index in [9.17, 15) is 5.11 Å². The van der Waals surface area contributed by atoms with Gasteiger partial charge in [0.2, 0.25) is 0 Å². The molecule has 3 rings (SSSR count). The van der Waals surface area contributed by atoms with E-state index in [0.717, 1.165) is 0 Å². The molecule has 0 heterocycles. The lowest BCUT2D eigenvalue weighted by Crippen LogP contribution is -2.04. The lowest BCUT2D eigenvalue weighted by molar-refractivity contribution is 0.119. The van der Waals surface area contributed by atoms with Gasteiger partial charge >= 0.3 is 0 Å². The number of hydrogen-bond acceptors (Lipinski definition) is 1. The monoisotopic (exact) mass is 174 g/mol. The van der Waals surface area contributed by atoms with Crippen LogP contribution in [0.25, 0.3) is 0 Å². The number of rotatable bonds is 0. The highest BCUT2D eigenvalue weighted by Gasteiger charge is 2.41. The number of aliphatic hydroxyl groups is 1. The van der Waals surface area contributed by atoms with E-state index in [1.54, 1.807) is 0 Å². The quantitative estimate of drug-likeness (QED) is 0.641. The van der Waals surface area contributed by atoms with Crippen LogP contribution in [-0.2, 0) is 0 Å². The van der Waals surface area contributed by atoms with E-state index in [0.29, 0.717) is 11.8 Å². The van der Waals surface area contributed by atoms with Crippen molar-refractivity contribution >= 4 is 0 Å². The van der Waals surface area contributed by atoms with Gasteiger partial charge < -0.3 is 5.11 Å². The van der Waals surface area contributed by atoms with E-state index in [4.69, 9.17) is 0 Å². The molecule has 0 amide bonds. The van der Waals surface area contributed by atoms with Crippen LogP contribution in [0.4, 0.5) is 0 Å². The highest BCUT2D eigenvalue weighted by Crippen LogP contribution is 2.53. The molecule has 1 heteroatoms. The SMILES string of the molecule is OC1c2ccccc2C2CCCC12. The summed E-state index contributed by atoms with van der Waals surface area (Å²) in [6.45, 7) is 0. The molecular weight excluding hydrogens is 160 g/mol. The summed E-state index contributed by atoms with van der Waals surface area (Å²) in [5, 5.41) is 10.1. The molecule has 0 spiro atoms. The fraction of sp³-hybridized carbons (Fsp3) is 0.500. The summed E-state index contributed by atoms with van der Waals surface area (Å²) >= 11 is 0. The van der Waals surface area contributed by atoms with Gasteiger partial charge in [-0.25, -0.2) is 0 Å². The minimum absolute atomic E-state index is 0.177. The molecule has 3 atom stereocenters. The van der Waals surface area contributed by atoms with Gasteiger partial charge in [-0.05, 0) is 35.8 Å². The molecule has 68 valence electrons. The van der Waals surface area contributed by atoms with Crippen LogP contribution in [0, 0.1) is 5.92 Å². The Kier molecular flexibility index (Phi) is 1.50. The zero-order valence-electron chi connectivity index (χ0n) is 7.61. The summed E-state index contributed by atoms with van der Waals surface area (Å²) in [6, 6.07) is 8.39. The van der Waals surface area contributed by atoms with Gasteiger partial charge in [-0.15, -0.1) is 0 Å². The maximum Gasteiger partial charge on any atom is 0.0826 e. The third-order valence-corrected chi connectivity index (χ3v) is 3.69. The summed E-state index contributed by atoms with van der Waals surface area (Å²) in [7, 11) is 0. The lowest BCUT2D eigenvalue weighted by atomic mass is 9.96. The Balaban J connectivity index is 2.13. The largest absolute Gasteiger partial charge is 0.388 e. The Bertz CT molecular complexity index is 332. The minimum Gasteiger partial charge on any atom is -0.388 e. The first-order valence-corrected chi connectivity index (χ1v) is 5.15. The van der Waals surface area contributed by atoms with Gasteiger partial charge in [0.15, 0.2) is 0 Å². The predicted octanol–water partition coefficient (Wildman–Crippen LogP) is 2.62. The first kappa shape index (κ1) is 7.57. The maximum atomic E-state index is 10.1. The van der Waals surface area contributed by atoms with E-state index in [1.165, 1.54) is 30.4 Å². The molecule has 0 aliphatic heterocycles. The van der Waals surface area contributed by atoms with Gasteiger partial charge in [0.25, 0.3) is 0 Å². The van der Waals surface area contributed by atoms with E-state index in [-0.39, 0.29) is 6.10 Å². The summed E-state index contributed by atoms with van der Waals surface area (Å²) in [4.78, 5) is 0. The Hall–Kier alpha value is -0.820. The molecule has 2 aliphatic rings. The third-order valence-electron chi connectivity index (χ3n) is 3.69. The molecule has 0 aromatic heterocycles. The first-order valence-electron chi connectivity index (χ1n) is 5.15. The average molecular weight is 174 g/mol. The molecule has 1 saturated carbocycles. The molecular formula is C12H14O. The van der Waals surface area contributed by atoms with Crippen LogP contribution in [0.5, 0.6) is 0 Å². The smallest absolute Gasteiger partial charge is 0.0826 e. The van der Waals surface area contributed by atoms with E-state index in [2.05, 4.69) is 18.2 Å². The molecule has 0 radical (unpaired) electrons. The molecule has 2 aliphatic carbocycles. The number of hydrogen-bond donors (Lipinski definition) is 1. The molecule has 1 nitrogen and oxygen atoms in total. The van der Waals surface area contributed by atoms with Crippen LogP contribution in [0.2, 0.25) is 0 Å². The predicted molar refractivity (Wildman–Crippen MR) is 51.5 cm³/mol. The van der Waals surface area contributed by atoms with Crippen LogP contribution < -0.4 is 0 Å². The topological polar surface area (TPSA) is 20.2 Å². The third kappa shape index (κ3) is 0.910. The normalized spacial score (nSPS) is 35.9. The minimum atomic E-state index is -0.177. The van der Waals surface area contributed by atoms with E-state index < -0.39 is 0 Å². The Morgan fingerprint density at radius 3 is 2.69 bits per heavy atom. The molecule has 1 aromatic carbocycles. The molecule has 1 fully saturated rings. The van der Waals surface area contributed by atoms with Gasteiger partial charge in [0, 0.05) is 0 Å². The average Bonchev–Trinajstić information content (AvgIpc) is 2.72. The molecule has 3 unspecified atom stereocenters. The van der Waals surface area contributed by atoms with Crippen molar-refractivity contribution in [2.45, 2.75) is 31.3 Å². The second-order valence-corrected chi connectivity index (χ2v) is 4.28. The first-order chi connectivity index (χ1) is 6.38. The summed E-state index contributed by atoms with van der Waals surface area (Å²) in [5.41, 5.74) is 2.61. The lowest BCUT2D eigenvalue weighted by Gasteiger charge is -2.12. The van der Waals surface area contributed by atoms with Crippen molar-refractivity contribution < 1.29 is 5.11 Å². The summed E-state index contributed by atoms with van der Waals surface area (Å²) in [6.07, 6.45) is 3.60. The van der Waals surface area contributed by atoms with Crippen molar-refractivity contribution in [2.75, 3.05) is 0 Å². The Labute approximate surface area is 78.4 Å². The van der Waals surface area contributed by atoms with Gasteiger partial charge in [0.05, 0.1) is 6.10 Å². The van der Waals surface area contributed by atoms with Crippen molar-refractivity contribution in [3.05, 3.63) is 35.4 Å². The Morgan fingerprint density at radius 1 is 1.08 bits per heavy atom. The second kappa shape index (κ2) is 2.58. The van der Waals surface area contributed by atoms with Crippen LogP contribution in [0.3, 0.4) is 0 Å². The van der Waals surface area contributed by atoms with Crippen LogP contribution >= 0.6 is 0 Å². The summed E-state index contributed by atoms with van der Waals surface area (Å²) < 4.78 is 0. The molecule has 0 saturated heterocycles.